The number of alkyl halides is 1. The van der Waals surface area contributed by atoms with Crippen molar-refractivity contribution in [3.05, 3.63) is 0 Å². The number of carboxylic acid groups (broad SMARTS) is 1. The molecular weight excluding hydrogens is 271 g/mol. The second kappa shape index (κ2) is 5.54. The monoisotopic (exact) mass is 289 g/mol. The Morgan fingerprint density at radius 2 is 2.20 bits per heavy atom. The van der Waals surface area contributed by atoms with Crippen LogP contribution >= 0.6 is 0 Å². The molecule has 1 saturated heterocycles. The van der Waals surface area contributed by atoms with Crippen LogP contribution in [0.15, 0.2) is 5.11 Å². The van der Waals surface area contributed by atoms with Crippen LogP contribution < -0.4 is 4.91 Å². The predicted octanol–water partition coefficient (Wildman–Crippen LogP) is 1.34. The second-order valence-electron chi connectivity index (χ2n) is 5.72. The largest absolute Gasteiger partial charge is 0.480 e. The highest BCUT2D eigenvalue weighted by atomic mass is 19.1. The summed E-state index contributed by atoms with van der Waals surface area (Å²) in [5.41, 5.74) is 3.70. The van der Waals surface area contributed by atoms with Crippen LogP contribution in [-0.2, 0) is 9.53 Å². The van der Waals surface area contributed by atoms with Crippen LogP contribution in [0.3, 0.4) is 0 Å². The first-order valence-corrected chi connectivity index (χ1v) is 6.02. The fourth-order valence-electron chi connectivity index (χ4n) is 1.95. The fourth-order valence-corrected chi connectivity index (χ4v) is 1.95. The van der Waals surface area contributed by atoms with Crippen molar-refractivity contribution < 1.29 is 23.8 Å². The first-order chi connectivity index (χ1) is 9.08. The summed E-state index contributed by atoms with van der Waals surface area (Å²) in [5.74, 6) is -1.31. The minimum absolute atomic E-state index is 0.402. The first kappa shape index (κ1) is 16.0. The van der Waals surface area contributed by atoms with Crippen molar-refractivity contribution in [3.63, 3.8) is 0 Å². The predicted molar refractivity (Wildman–Crippen MR) is 65.0 cm³/mol. The summed E-state index contributed by atoms with van der Waals surface area (Å²) in [6.07, 6.45) is -1.28. The van der Waals surface area contributed by atoms with Gasteiger partial charge in [-0.25, -0.2) is 14.0 Å². The summed E-state index contributed by atoms with van der Waals surface area (Å²) < 4.78 is 19.5. The van der Waals surface area contributed by atoms with Crippen LogP contribution in [0.1, 0.15) is 27.2 Å². The molecule has 8 nitrogen and oxygen atoms in total. The molecule has 20 heavy (non-hydrogen) atoms. The fraction of sp³-hybridized carbons (Fsp3) is 0.818. The third-order valence-corrected chi connectivity index (χ3v) is 2.73. The van der Waals surface area contributed by atoms with Crippen molar-refractivity contribution in [2.24, 2.45) is 5.11 Å². The Bertz CT molecular complexity index is 458. The molecule has 1 aliphatic rings. The van der Waals surface area contributed by atoms with Crippen LogP contribution in [0.2, 0.25) is 0 Å². The number of rotatable bonds is 3. The van der Waals surface area contributed by atoms with E-state index in [2.05, 4.69) is 10.0 Å². The topological polar surface area (TPSA) is 117 Å². The van der Waals surface area contributed by atoms with Gasteiger partial charge in [-0.1, -0.05) is 0 Å². The number of hydrogen-bond acceptors (Lipinski definition) is 5. The Kier molecular flexibility index (Phi) is 4.44. The second-order valence-corrected chi connectivity index (χ2v) is 5.72. The molecule has 0 aromatic heterocycles. The molecule has 2 N–H and O–H groups in total. The lowest BCUT2D eigenvalue weighted by atomic mass is 10.0. The molecule has 0 aromatic carbocycles. The van der Waals surface area contributed by atoms with Gasteiger partial charge in [-0.05, 0) is 20.8 Å². The van der Waals surface area contributed by atoms with Gasteiger partial charge < -0.3 is 9.84 Å². The molecule has 2 unspecified atom stereocenters. The Hall–Kier alpha value is -2.02. The van der Waals surface area contributed by atoms with Gasteiger partial charge in [-0.2, -0.15) is 0 Å². The number of halogens is 1. The van der Waals surface area contributed by atoms with Gasteiger partial charge in [-0.15, -0.1) is 0 Å². The van der Waals surface area contributed by atoms with E-state index in [0.717, 1.165) is 4.90 Å². The molecule has 112 valence electrons. The molecular formula is C11H18FN4O4+. The minimum Gasteiger partial charge on any atom is -0.480 e. The average molecular weight is 289 g/mol. The third kappa shape index (κ3) is 3.99. The van der Waals surface area contributed by atoms with E-state index in [9.17, 15) is 14.0 Å². The summed E-state index contributed by atoms with van der Waals surface area (Å²) in [4.78, 5) is 26.6. The molecule has 9 heteroatoms. The van der Waals surface area contributed by atoms with Crippen LogP contribution in [0.25, 0.3) is 0 Å². The maximum Gasteiger partial charge on any atom is 0.411 e. The number of likely N-dealkylation sites (tertiary alicyclic amines) is 1. The van der Waals surface area contributed by atoms with E-state index < -0.39 is 48.9 Å². The lowest BCUT2D eigenvalue weighted by Crippen LogP contribution is -2.44. The number of carbonyl (C=O) groups is 2. The number of carbonyl (C=O) groups excluding carboxylic acids is 1. The summed E-state index contributed by atoms with van der Waals surface area (Å²) in [7, 11) is 0. The van der Waals surface area contributed by atoms with Gasteiger partial charge in [0.15, 0.2) is 12.2 Å². The third-order valence-electron chi connectivity index (χ3n) is 2.73. The number of aliphatic carboxylic acids is 1. The number of carboxylic acids is 1. The van der Waals surface area contributed by atoms with E-state index in [4.69, 9.17) is 15.4 Å². The molecule has 0 radical (unpaired) electrons. The molecule has 0 saturated carbocycles. The lowest BCUT2D eigenvalue weighted by Gasteiger charge is -2.26. The zero-order chi connectivity index (χ0) is 15.6. The van der Waals surface area contributed by atoms with E-state index in [1.165, 1.54) is 0 Å². The Morgan fingerprint density at radius 3 is 2.65 bits per heavy atom. The minimum atomic E-state index is -2.01. The van der Waals surface area contributed by atoms with Crippen molar-refractivity contribution in [3.8, 4) is 0 Å². The SMILES string of the molecule is CC(C)(C)OC(=O)N1CC(F)(CN=[N+]=N)CC1C(=O)O. The Labute approximate surface area is 115 Å². The highest BCUT2D eigenvalue weighted by Gasteiger charge is 2.51. The number of hydrogen-bond donors (Lipinski definition) is 2. The molecule has 1 aliphatic heterocycles. The molecule has 1 amide bonds. The zero-order valence-electron chi connectivity index (χ0n) is 11.6. The molecule has 2 atom stereocenters. The molecule has 1 fully saturated rings. The van der Waals surface area contributed by atoms with Crippen molar-refractivity contribution in [1.82, 2.24) is 9.81 Å². The molecule has 0 spiro atoms. The maximum absolute atomic E-state index is 14.4. The number of nitrogens with zero attached hydrogens (tertiary/aromatic N) is 3. The molecule has 0 aromatic rings. The van der Waals surface area contributed by atoms with Crippen LogP contribution in [0.5, 0.6) is 0 Å². The van der Waals surface area contributed by atoms with Gasteiger partial charge in [0.05, 0.1) is 6.54 Å². The van der Waals surface area contributed by atoms with Gasteiger partial charge >= 0.3 is 12.1 Å². The van der Waals surface area contributed by atoms with E-state index in [1.54, 1.807) is 20.8 Å². The number of amides is 1. The summed E-state index contributed by atoms with van der Waals surface area (Å²) in [6.45, 7) is 3.99. The van der Waals surface area contributed by atoms with E-state index in [1.807, 2.05) is 0 Å². The number of nitrogens with one attached hydrogen (secondary N) is 1. The van der Waals surface area contributed by atoms with Gasteiger partial charge in [0, 0.05) is 6.42 Å². The molecule has 0 aliphatic carbocycles. The van der Waals surface area contributed by atoms with Crippen LogP contribution in [0.4, 0.5) is 9.18 Å². The first-order valence-electron chi connectivity index (χ1n) is 6.02. The van der Waals surface area contributed by atoms with Gasteiger partial charge in [0.2, 0.25) is 4.91 Å². The van der Waals surface area contributed by atoms with E-state index in [-0.39, 0.29) is 0 Å². The van der Waals surface area contributed by atoms with Crippen molar-refractivity contribution in [2.75, 3.05) is 13.1 Å². The highest BCUT2D eigenvalue weighted by Crippen LogP contribution is 2.32. The lowest BCUT2D eigenvalue weighted by molar-refractivity contribution is -0.142. The van der Waals surface area contributed by atoms with Crippen LogP contribution in [0, 0.1) is 5.53 Å². The molecule has 1 heterocycles. The van der Waals surface area contributed by atoms with Crippen molar-refractivity contribution >= 4 is 12.1 Å². The smallest absolute Gasteiger partial charge is 0.411 e. The highest BCUT2D eigenvalue weighted by molar-refractivity contribution is 5.81. The molecule has 1 rings (SSSR count). The average Bonchev–Trinajstić information content (AvgIpc) is 2.64. The normalized spacial score (nSPS) is 26.0. The Morgan fingerprint density at radius 1 is 1.60 bits per heavy atom. The van der Waals surface area contributed by atoms with Gasteiger partial charge in [0.25, 0.3) is 0 Å². The number of ether oxygens (including phenoxy) is 1. The summed E-state index contributed by atoms with van der Waals surface area (Å²) >= 11 is 0. The quantitative estimate of drug-likeness (QED) is 0.602. The van der Waals surface area contributed by atoms with Gasteiger partial charge in [0.1, 0.15) is 22.3 Å². The Balaban J connectivity index is 2.90. The van der Waals surface area contributed by atoms with E-state index in [0.29, 0.717) is 0 Å². The standard InChI is InChI=1S/C11H17FN4O4/c1-10(2,3)20-9(19)16-6-11(12,5-14-15-13)4-7(16)8(17)18/h7,13H,4-6H2,1-3H3/p+1. The van der Waals surface area contributed by atoms with Gasteiger partial charge in [-0.3, -0.25) is 4.90 Å². The maximum atomic E-state index is 14.4. The van der Waals surface area contributed by atoms with Crippen molar-refractivity contribution in [2.45, 2.75) is 44.5 Å². The van der Waals surface area contributed by atoms with E-state index >= 15 is 0 Å². The van der Waals surface area contributed by atoms with Crippen molar-refractivity contribution in [1.29, 1.82) is 5.53 Å². The molecule has 0 bridgehead atoms. The zero-order valence-corrected chi connectivity index (χ0v) is 11.6. The van der Waals surface area contributed by atoms with Crippen LogP contribution in [-0.4, -0.2) is 52.5 Å². The summed E-state index contributed by atoms with van der Waals surface area (Å²) in [5, 5.41) is 12.3. The summed E-state index contributed by atoms with van der Waals surface area (Å²) in [6, 6.07) is -1.31.